The fourth-order valence-corrected chi connectivity index (χ4v) is 4.42. The van der Waals surface area contributed by atoms with Crippen molar-refractivity contribution >= 4 is 27.5 Å². The highest BCUT2D eigenvalue weighted by Crippen LogP contribution is 2.34. The number of fused-ring (bicyclic) bond motifs is 1. The first-order valence-corrected chi connectivity index (χ1v) is 9.46. The molecule has 0 unspecified atom stereocenters. The Morgan fingerprint density at radius 3 is 2.59 bits per heavy atom. The molecule has 27 heavy (non-hydrogen) atoms. The molecule has 5 nitrogen and oxygen atoms in total. The van der Waals surface area contributed by atoms with Crippen LogP contribution in [0.3, 0.4) is 0 Å². The summed E-state index contributed by atoms with van der Waals surface area (Å²) in [6.45, 7) is 0.974. The zero-order chi connectivity index (χ0) is 19.0. The molecule has 3 heterocycles. The maximum Gasteiger partial charge on any atom is 0.435 e. The Labute approximate surface area is 157 Å². The van der Waals surface area contributed by atoms with Crippen molar-refractivity contribution < 1.29 is 18.0 Å². The van der Waals surface area contributed by atoms with Crippen molar-refractivity contribution in [1.29, 1.82) is 0 Å². The van der Waals surface area contributed by atoms with Crippen LogP contribution in [-0.2, 0) is 17.5 Å². The van der Waals surface area contributed by atoms with E-state index in [0.29, 0.717) is 19.0 Å². The van der Waals surface area contributed by atoms with Crippen molar-refractivity contribution in [2.24, 2.45) is 0 Å². The van der Waals surface area contributed by atoms with Gasteiger partial charge in [-0.2, -0.15) is 18.3 Å². The summed E-state index contributed by atoms with van der Waals surface area (Å²) in [5.41, 5.74) is 0.0139. The Balaban J connectivity index is 1.35. The van der Waals surface area contributed by atoms with Crippen molar-refractivity contribution in [1.82, 2.24) is 19.7 Å². The predicted octanol–water partition coefficient (Wildman–Crippen LogP) is 3.92. The van der Waals surface area contributed by atoms with Gasteiger partial charge in [0, 0.05) is 25.2 Å². The first kappa shape index (κ1) is 18.0. The summed E-state index contributed by atoms with van der Waals surface area (Å²) in [4.78, 5) is 18.8. The number of alkyl halides is 3. The summed E-state index contributed by atoms with van der Waals surface area (Å²) in [7, 11) is 0. The van der Waals surface area contributed by atoms with Crippen molar-refractivity contribution in [3.63, 3.8) is 0 Å². The third-order valence-corrected chi connectivity index (χ3v) is 5.93. The normalized spacial score (nSPS) is 16.2. The molecule has 3 aromatic rings. The molecule has 0 radical (unpaired) electrons. The van der Waals surface area contributed by atoms with Gasteiger partial charge in [0.05, 0.1) is 15.2 Å². The topological polar surface area (TPSA) is 51.0 Å². The van der Waals surface area contributed by atoms with Crippen molar-refractivity contribution in [3.05, 3.63) is 47.2 Å². The molecule has 0 spiro atoms. The predicted molar refractivity (Wildman–Crippen MR) is 95.4 cm³/mol. The lowest BCUT2D eigenvalue weighted by molar-refractivity contribution is -0.142. The largest absolute Gasteiger partial charge is 0.435 e. The average molecular weight is 394 g/mol. The summed E-state index contributed by atoms with van der Waals surface area (Å²) < 4.78 is 40.0. The van der Waals surface area contributed by atoms with Gasteiger partial charge in [-0.15, -0.1) is 11.3 Å². The maximum absolute atomic E-state index is 12.6. The molecule has 2 aromatic heterocycles. The third-order valence-electron chi connectivity index (χ3n) is 4.74. The lowest BCUT2D eigenvalue weighted by atomic mass is 9.97. The minimum absolute atomic E-state index is 0.179. The monoisotopic (exact) mass is 394 g/mol. The lowest BCUT2D eigenvalue weighted by Crippen LogP contribution is -2.39. The SMILES string of the molecule is O=C(Cn1ccc(C(F)(F)F)n1)N1CCC(c2nc3ccccc3s2)CC1. The third kappa shape index (κ3) is 3.83. The van der Waals surface area contributed by atoms with Crippen LogP contribution in [0.2, 0.25) is 0 Å². The van der Waals surface area contributed by atoms with E-state index in [2.05, 4.69) is 11.2 Å². The number of carbonyl (C=O) groups is 1. The summed E-state index contributed by atoms with van der Waals surface area (Å²) in [5, 5.41) is 4.53. The Hall–Kier alpha value is -2.42. The minimum atomic E-state index is -4.50. The van der Waals surface area contributed by atoms with Crippen LogP contribution >= 0.6 is 11.3 Å². The van der Waals surface area contributed by atoms with E-state index in [0.717, 1.165) is 38.8 Å². The van der Waals surface area contributed by atoms with Gasteiger partial charge in [-0.25, -0.2) is 4.98 Å². The van der Waals surface area contributed by atoms with Crippen LogP contribution in [0.1, 0.15) is 29.5 Å². The summed E-state index contributed by atoms with van der Waals surface area (Å²) in [5.74, 6) is 0.0996. The number of thiazole rings is 1. The van der Waals surface area contributed by atoms with Gasteiger partial charge in [0.25, 0.3) is 0 Å². The Kier molecular flexibility index (Phi) is 4.63. The second-order valence-electron chi connectivity index (χ2n) is 6.57. The van der Waals surface area contributed by atoms with E-state index in [-0.39, 0.29) is 12.5 Å². The van der Waals surface area contributed by atoms with Crippen LogP contribution in [-0.4, -0.2) is 38.7 Å². The van der Waals surface area contributed by atoms with Gasteiger partial charge >= 0.3 is 6.18 Å². The first-order chi connectivity index (χ1) is 12.9. The van der Waals surface area contributed by atoms with E-state index in [4.69, 9.17) is 4.98 Å². The molecule has 1 amide bonds. The van der Waals surface area contributed by atoms with E-state index in [9.17, 15) is 18.0 Å². The second-order valence-corrected chi connectivity index (χ2v) is 7.63. The molecule has 1 fully saturated rings. The molecular weight excluding hydrogens is 377 g/mol. The van der Waals surface area contributed by atoms with E-state index in [1.165, 1.54) is 6.20 Å². The number of benzene rings is 1. The highest BCUT2D eigenvalue weighted by molar-refractivity contribution is 7.18. The van der Waals surface area contributed by atoms with E-state index in [1.54, 1.807) is 16.2 Å². The fourth-order valence-electron chi connectivity index (χ4n) is 3.28. The van der Waals surface area contributed by atoms with Crippen LogP contribution in [0.4, 0.5) is 13.2 Å². The molecule has 0 aliphatic carbocycles. The molecule has 0 saturated carbocycles. The Morgan fingerprint density at radius 1 is 1.19 bits per heavy atom. The molecule has 142 valence electrons. The van der Waals surface area contributed by atoms with Crippen LogP contribution in [0.15, 0.2) is 36.5 Å². The number of hydrogen-bond donors (Lipinski definition) is 0. The molecule has 4 rings (SSSR count). The molecule has 1 aliphatic heterocycles. The van der Waals surface area contributed by atoms with E-state index < -0.39 is 11.9 Å². The van der Waals surface area contributed by atoms with Gasteiger partial charge in [-0.1, -0.05) is 12.1 Å². The molecule has 0 atom stereocenters. The number of halogens is 3. The van der Waals surface area contributed by atoms with Crippen LogP contribution < -0.4 is 0 Å². The maximum atomic E-state index is 12.6. The quantitative estimate of drug-likeness (QED) is 0.677. The van der Waals surface area contributed by atoms with Gasteiger partial charge in [0.1, 0.15) is 6.54 Å². The molecule has 1 saturated heterocycles. The van der Waals surface area contributed by atoms with Crippen molar-refractivity contribution in [3.8, 4) is 0 Å². The smallest absolute Gasteiger partial charge is 0.341 e. The lowest BCUT2D eigenvalue weighted by Gasteiger charge is -2.31. The molecule has 9 heteroatoms. The first-order valence-electron chi connectivity index (χ1n) is 8.64. The van der Waals surface area contributed by atoms with Crippen molar-refractivity contribution in [2.75, 3.05) is 13.1 Å². The minimum Gasteiger partial charge on any atom is -0.341 e. The number of para-hydroxylation sites is 1. The molecule has 0 bridgehead atoms. The Morgan fingerprint density at radius 2 is 1.93 bits per heavy atom. The van der Waals surface area contributed by atoms with Gasteiger partial charge in [0.15, 0.2) is 5.69 Å². The number of hydrogen-bond acceptors (Lipinski definition) is 4. The van der Waals surface area contributed by atoms with Crippen LogP contribution in [0.5, 0.6) is 0 Å². The van der Waals surface area contributed by atoms with Gasteiger partial charge in [-0.3, -0.25) is 9.48 Å². The molecule has 1 aromatic carbocycles. The zero-order valence-electron chi connectivity index (χ0n) is 14.3. The van der Waals surface area contributed by atoms with Gasteiger partial charge in [-0.05, 0) is 31.0 Å². The highest BCUT2D eigenvalue weighted by atomic mass is 32.1. The number of amides is 1. The summed E-state index contributed by atoms with van der Waals surface area (Å²) in [6, 6.07) is 8.88. The molecule has 1 aliphatic rings. The van der Waals surface area contributed by atoms with Gasteiger partial charge in [0.2, 0.25) is 5.91 Å². The number of rotatable bonds is 3. The van der Waals surface area contributed by atoms with Crippen molar-refractivity contribution in [2.45, 2.75) is 31.5 Å². The number of likely N-dealkylation sites (tertiary alicyclic amines) is 1. The summed E-state index contributed by atoms with van der Waals surface area (Å²) >= 11 is 1.69. The zero-order valence-corrected chi connectivity index (χ0v) is 15.1. The van der Waals surface area contributed by atoms with Crippen LogP contribution in [0.25, 0.3) is 10.2 Å². The van der Waals surface area contributed by atoms with Crippen LogP contribution in [0, 0.1) is 0 Å². The van der Waals surface area contributed by atoms with E-state index >= 15 is 0 Å². The number of nitrogens with zero attached hydrogens (tertiary/aromatic N) is 4. The van der Waals surface area contributed by atoms with Gasteiger partial charge < -0.3 is 4.90 Å². The number of piperidine rings is 1. The number of carbonyl (C=O) groups excluding carboxylic acids is 1. The molecular formula is C18H17F3N4OS. The number of aromatic nitrogens is 3. The summed E-state index contributed by atoms with van der Waals surface area (Å²) in [6.07, 6.45) is -1.70. The standard InChI is InChI=1S/C18H17F3N4OS/c19-18(20,21)15-7-10-25(23-15)11-16(26)24-8-5-12(6-9-24)17-22-13-3-1-2-4-14(13)27-17/h1-4,7,10,12H,5-6,8-9,11H2. The Bertz CT molecular complexity index is 924. The highest BCUT2D eigenvalue weighted by Gasteiger charge is 2.34. The van der Waals surface area contributed by atoms with E-state index in [1.807, 2.05) is 18.2 Å². The molecule has 0 N–H and O–H groups in total. The second kappa shape index (κ2) is 6.95. The average Bonchev–Trinajstić information content (AvgIpc) is 3.28. The fraction of sp³-hybridized carbons (Fsp3) is 0.389.